The number of rotatable bonds is 8. The molecule has 0 unspecified atom stereocenters. The van der Waals surface area contributed by atoms with Crippen LogP contribution >= 0.6 is 12.4 Å². The van der Waals surface area contributed by atoms with Gasteiger partial charge in [0, 0.05) is 31.5 Å². The Morgan fingerprint density at radius 3 is 2.95 bits per heavy atom. The molecule has 19 heavy (non-hydrogen) atoms. The van der Waals surface area contributed by atoms with Crippen LogP contribution in [0.2, 0.25) is 0 Å². The highest BCUT2D eigenvalue weighted by atomic mass is 35.5. The van der Waals surface area contributed by atoms with Crippen molar-refractivity contribution in [2.45, 2.75) is 51.6 Å². The molecule has 1 aromatic heterocycles. The molecule has 110 valence electrons. The van der Waals surface area contributed by atoms with Crippen LogP contribution in [0.25, 0.3) is 0 Å². The van der Waals surface area contributed by atoms with Gasteiger partial charge >= 0.3 is 0 Å². The van der Waals surface area contributed by atoms with E-state index in [2.05, 4.69) is 21.3 Å². The van der Waals surface area contributed by atoms with Crippen molar-refractivity contribution in [3.8, 4) is 0 Å². The molecule has 0 aliphatic heterocycles. The highest BCUT2D eigenvalue weighted by Crippen LogP contribution is 2.28. The van der Waals surface area contributed by atoms with Gasteiger partial charge in [0.25, 0.3) is 0 Å². The molecule has 1 N–H and O–H groups in total. The number of hydrogen-bond acceptors (Lipinski definition) is 3. The summed E-state index contributed by atoms with van der Waals surface area (Å²) in [7, 11) is 0. The largest absolute Gasteiger partial charge is 0.382 e. The van der Waals surface area contributed by atoms with Gasteiger partial charge in [-0.3, -0.25) is 4.68 Å². The van der Waals surface area contributed by atoms with E-state index < -0.39 is 0 Å². The molecule has 1 aliphatic rings. The lowest BCUT2D eigenvalue weighted by Gasteiger charge is -2.08. The first-order valence-corrected chi connectivity index (χ1v) is 7.21. The first-order chi connectivity index (χ1) is 8.90. The van der Waals surface area contributed by atoms with Crippen LogP contribution in [0.1, 0.15) is 50.6 Å². The van der Waals surface area contributed by atoms with E-state index in [-0.39, 0.29) is 12.4 Å². The fourth-order valence-corrected chi connectivity index (χ4v) is 2.51. The minimum atomic E-state index is 0. The molecule has 0 atom stereocenters. The maximum Gasteiger partial charge on any atom is 0.0534 e. The minimum absolute atomic E-state index is 0. The first-order valence-electron chi connectivity index (χ1n) is 7.21. The normalized spacial score (nSPS) is 15.6. The van der Waals surface area contributed by atoms with E-state index in [9.17, 15) is 0 Å². The molecule has 5 heteroatoms. The lowest BCUT2D eigenvalue weighted by molar-refractivity contribution is 0.144. The van der Waals surface area contributed by atoms with Gasteiger partial charge < -0.3 is 10.1 Å². The van der Waals surface area contributed by atoms with E-state index in [0.29, 0.717) is 6.04 Å². The summed E-state index contributed by atoms with van der Waals surface area (Å²) in [5, 5.41) is 7.91. The maximum absolute atomic E-state index is 5.30. The Balaban J connectivity index is 0.00000180. The SMILES string of the molecule is CCOCCCNCc1cnn(C2CCCC2)c1.Cl. The second-order valence-corrected chi connectivity index (χ2v) is 4.99. The van der Waals surface area contributed by atoms with Gasteiger partial charge in [-0.15, -0.1) is 12.4 Å². The Bertz CT molecular complexity index is 337. The molecule has 0 saturated heterocycles. The van der Waals surface area contributed by atoms with Gasteiger partial charge in [0.2, 0.25) is 0 Å². The van der Waals surface area contributed by atoms with E-state index in [1.54, 1.807) is 0 Å². The number of aromatic nitrogens is 2. The maximum atomic E-state index is 5.30. The molecule has 4 nitrogen and oxygen atoms in total. The molecular weight excluding hydrogens is 262 g/mol. The van der Waals surface area contributed by atoms with Crippen molar-refractivity contribution in [1.82, 2.24) is 15.1 Å². The van der Waals surface area contributed by atoms with Crippen LogP contribution in [0, 0.1) is 0 Å². The van der Waals surface area contributed by atoms with Crippen LogP contribution in [0.3, 0.4) is 0 Å². The summed E-state index contributed by atoms with van der Waals surface area (Å²) < 4.78 is 7.46. The van der Waals surface area contributed by atoms with Crippen molar-refractivity contribution >= 4 is 12.4 Å². The zero-order valence-corrected chi connectivity index (χ0v) is 12.6. The highest BCUT2D eigenvalue weighted by Gasteiger charge is 2.17. The zero-order chi connectivity index (χ0) is 12.6. The first kappa shape index (κ1) is 16.5. The van der Waals surface area contributed by atoms with Crippen LogP contribution in [0.4, 0.5) is 0 Å². The van der Waals surface area contributed by atoms with Gasteiger partial charge in [-0.05, 0) is 32.7 Å². The molecule has 1 aromatic rings. The predicted molar refractivity (Wildman–Crippen MR) is 79.8 cm³/mol. The Hall–Kier alpha value is -0.580. The molecular formula is C14H26ClN3O. The Labute approximate surface area is 122 Å². The number of halogens is 1. The molecule has 1 aliphatic carbocycles. The third kappa shape index (κ3) is 5.51. The van der Waals surface area contributed by atoms with Crippen molar-refractivity contribution in [1.29, 1.82) is 0 Å². The van der Waals surface area contributed by atoms with Crippen molar-refractivity contribution in [3.05, 3.63) is 18.0 Å². The molecule has 2 rings (SSSR count). The average molecular weight is 288 g/mol. The number of ether oxygens (including phenoxy) is 1. The minimum Gasteiger partial charge on any atom is -0.382 e. The third-order valence-electron chi connectivity index (χ3n) is 3.53. The zero-order valence-electron chi connectivity index (χ0n) is 11.8. The Morgan fingerprint density at radius 1 is 1.42 bits per heavy atom. The average Bonchev–Trinajstić information content (AvgIpc) is 3.03. The molecule has 0 radical (unpaired) electrons. The molecule has 0 amide bonds. The Morgan fingerprint density at radius 2 is 2.21 bits per heavy atom. The highest BCUT2D eigenvalue weighted by molar-refractivity contribution is 5.85. The molecule has 0 bridgehead atoms. The summed E-state index contributed by atoms with van der Waals surface area (Å²) >= 11 is 0. The fourth-order valence-electron chi connectivity index (χ4n) is 2.51. The predicted octanol–water partition coefficient (Wildman–Crippen LogP) is 2.94. The van der Waals surface area contributed by atoms with Crippen molar-refractivity contribution in [3.63, 3.8) is 0 Å². The van der Waals surface area contributed by atoms with Crippen LogP contribution in [0.5, 0.6) is 0 Å². The van der Waals surface area contributed by atoms with Crippen molar-refractivity contribution < 1.29 is 4.74 Å². The van der Waals surface area contributed by atoms with Gasteiger partial charge in [0.15, 0.2) is 0 Å². The summed E-state index contributed by atoms with van der Waals surface area (Å²) in [6.07, 6.45) is 10.6. The van der Waals surface area contributed by atoms with E-state index in [1.807, 2.05) is 13.1 Å². The third-order valence-corrected chi connectivity index (χ3v) is 3.53. The van der Waals surface area contributed by atoms with Crippen molar-refractivity contribution in [2.75, 3.05) is 19.8 Å². The van der Waals surface area contributed by atoms with Gasteiger partial charge in [0.05, 0.1) is 12.2 Å². The molecule has 1 fully saturated rings. The number of hydrogen-bond donors (Lipinski definition) is 1. The summed E-state index contributed by atoms with van der Waals surface area (Å²) in [5.74, 6) is 0. The van der Waals surface area contributed by atoms with E-state index in [0.717, 1.165) is 32.7 Å². The van der Waals surface area contributed by atoms with Gasteiger partial charge in [0.1, 0.15) is 0 Å². The van der Waals surface area contributed by atoms with E-state index in [4.69, 9.17) is 4.74 Å². The Kier molecular flexibility index (Phi) is 8.10. The summed E-state index contributed by atoms with van der Waals surface area (Å²) in [4.78, 5) is 0. The second kappa shape index (κ2) is 9.34. The summed E-state index contributed by atoms with van der Waals surface area (Å²) in [6.45, 7) is 5.62. The monoisotopic (exact) mass is 287 g/mol. The molecule has 1 heterocycles. The summed E-state index contributed by atoms with van der Waals surface area (Å²) in [6, 6.07) is 0.650. The number of nitrogens with zero attached hydrogens (tertiary/aromatic N) is 2. The van der Waals surface area contributed by atoms with Crippen LogP contribution in [-0.4, -0.2) is 29.5 Å². The quantitative estimate of drug-likeness (QED) is 0.747. The topological polar surface area (TPSA) is 39.1 Å². The van der Waals surface area contributed by atoms with Crippen LogP contribution in [-0.2, 0) is 11.3 Å². The standard InChI is InChI=1S/C14H25N3O.ClH/c1-2-18-9-5-8-15-10-13-11-16-17(12-13)14-6-3-4-7-14;/h11-12,14-15H,2-10H2,1H3;1H. The van der Waals surface area contributed by atoms with Gasteiger partial charge in [-0.2, -0.15) is 5.10 Å². The second-order valence-electron chi connectivity index (χ2n) is 4.99. The smallest absolute Gasteiger partial charge is 0.0534 e. The lowest BCUT2D eigenvalue weighted by atomic mass is 10.2. The fraction of sp³-hybridized carbons (Fsp3) is 0.786. The van der Waals surface area contributed by atoms with Gasteiger partial charge in [-0.25, -0.2) is 0 Å². The summed E-state index contributed by atoms with van der Waals surface area (Å²) in [5.41, 5.74) is 1.29. The van der Waals surface area contributed by atoms with Crippen LogP contribution < -0.4 is 5.32 Å². The van der Waals surface area contributed by atoms with Crippen molar-refractivity contribution in [2.24, 2.45) is 0 Å². The van der Waals surface area contributed by atoms with Crippen LogP contribution in [0.15, 0.2) is 12.4 Å². The molecule has 0 spiro atoms. The van der Waals surface area contributed by atoms with E-state index >= 15 is 0 Å². The number of nitrogens with one attached hydrogen (secondary N) is 1. The van der Waals surface area contributed by atoms with E-state index in [1.165, 1.54) is 31.2 Å². The lowest BCUT2D eigenvalue weighted by Crippen LogP contribution is -2.16. The molecule has 1 saturated carbocycles. The van der Waals surface area contributed by atoms with Gasteiger partial charge in [-0.1, -0.05) is 12.8 Å². The molecule has 0 aromatic carbocycles.